The summed E-state index contributed by atoms with van der Waals surface area (Å²) in [5, 5.41) is 15.1. The highest BCUT2D eigenvalue weighted by Crippen LogP contribution is 2.30. The molecule has 1 aromatic rings. The maximum absolute atomic E-state index is 11.0. The molecule has 0 unspecified atom stereocenters. The Morgan fingerprint density at radius 2 is 2.12 bits per heavy atom. The van der Waals surface area contributed by atoms with Crippen molar-refractivity contribution in [2.75, 3.05) is 18.5 Å². The maximum atomic E-state index is 11.0. The smallest absolute Gasteiger partial charge is 0.333 e. The summed E-state index contributed by atoms with van der Waals surface area (Å²) in [7, 11) is 3.58. The number of hydrogen-bond acceptors (Lipinski definition) is 4. The van der Waals surface area contributed by atoms with Crippen molar-refractivity contribution >= 4 is 11.5 Å². The van der Waals surface area contributed by atoms with Crippen LogP contribution in [0.25, 0.3) is 0 Å². The third-order valence-electron chi connectivity index (χ3n) is 2.34. The van der Waals surface area contributed by atoms with Gasteiger partial charge in [0.1, 0.15) is 5.69 Å². The molecule has 0 aromatic carbocycles. The number of rotatable bonds is 4. The molecule has 0 amide bonds. The molecular weight excluding hydrogens is 208 g/mol. The lowest BCUT2D eigenvalue weighted by Gasteiger charge is -2.20. The minimum Gasteiger partial charge on any atom is -0.354 e. The van der Waals surface area contributed by atoms with Crippen LogP contribution in [0.3, 0.4) is 0 Å². The van der Waals surface area contributed by atoms with Gasteiger partial charge >= 0.3 is 5.69 Å². The van der Waals surface area contributed by atoms with Crippen LogP contribution in [0.4, 0.5) is 11.5 Å². The highest BCUT2D eigenvalue weighted by molar-refractivity contribution is 5.60. The van der Waals surface area contributed by atoms with Gasteiger partial charge in [0.2, 0.25) is 5.82 Å². The minimum atomic E-state index is -0.367. The molecule has 1 aromatic heterocycles. The Morgan fingerprint density at radius 3 is 2.56 bits per heavy atom. The lowest BCUT2D eigenvalue weighted by atomic mass is 10.2. The normalized spacial score (nSPS) is 10.9. The van der Waals surface area contributed by atoms with E-state index >= 15 is 0 Å². The van der Waals surface area contributed by atoms with Crippen molar-refractivity contribution in [2.24, 2.45) is 13.0 Å². The molecule has 0 atom stereocenters. The van der Waals surface area contributed by atoms with Crippen LogP contribution in [-0.2, 0) is 7.05 Å². The second-order valence-electron chi connectivity index (χ2n) is 4.41. The van der Waals surface area contributed by atoms with Crippen LogP contribution in [0.15, 0.2) is 0 Å². The maximum Gasteiger partial charge on any atom is 0.333 e. The van der Waals surface area contributed by atoms with E-state index in [2.05, 4.69) is 18.9 Å². The topological polar surface area (TPSA) is 64.2 Å². The van der Waals surface area contributed by atoms with Crippen LogP contribution in [0.2, 0.25) is 0 Å². The summed E-state index contributed by atoms with van der Waals surface area (Å²) >= 11 is 0. The minimum absolute atomic E-state index is 0.102. The summed E-state index contributed by atoms with van der Waals surface area (Å²) in [6, 6.07) is 0. The number of hydrogen-bond donors (Lipinski definition) is 0. The van der Waals surface area contributed by atoms with E-state index in [9.17, 15) is 10.1 Å². The zero-order chi connectivity index (χ0) is 12.5. The van der Waals surface area contributed by atoms with E-state index in [0.717, 1.165) is 6.54 Å². The van der Waals surface area contributed by atoms with Crippen molar-refractivity contribution in [3.8, 4) is 0 Å². The van der Waals surface area contributed by atoms with E-state index in [0.29, 0.717) is 17.4 Å². The predicted octanol–water partition coefficient (Wildman–Crippen LogP) is 1.73. The lowest BCUT2D eigenvalue weighted by Crippen LogP contribution is -2.25. The van der Waals surface area contributed by atoms with Crippen molar-refractivity contribution in [3.63, 3.8) is 0 Å². The van der Waals surface area contributed by atoms with E-state index in [1.165, 1.54) is 0 Å². The SMILES string of the molecule is Cc1nn(C)c(N(C)CC(C)C)c1[N+](=O)[O-]. The van der Waals surface area contributed by atoms with Gasteiger partial charge < -0.3 is 4.90 Å². The number of aromatic nitrogens is 2. The second kappa shape index (κ2) is 4.51. The van der Waals surface area contributed by atoms with Gasteiger partial charge in [-0.25, -0.2) is 4.68 Å². The molecule has 90 valence electrons. The zero-order valence-corrected chi connectivity index (χ0v) is 10.4. The second-order valence-corrected chi connectivity index (χ2v) is 4.41. The summed E-state index contributed by atoms with van der Waals surface area (Å²) in [5.41, 5.74) is 0.559. The van der Waals surface area contributed by atoms with Gasteiger partial charge in [-0.05, 0) is 12.8 Å². The summed E-state index contributed by atoms with van der Waals surface area (Å²) < 4.78 is 1.57. The fraction of sp³-hybridized carbons (Fsp3) is 0.700. The average Bonchev–Trinajstić information content (AvgIpc) is 2.39. The molecule has 0 aliphatic heterocycles. The molecule has 0 fully saturated rings. The van der Waals surface area contributed by atoms with Gasteiger partial charge in [-0.2, -0.15) is 5.10 Å². The first-order valence-corrected chi connectivity index (χ1v) is 5.23. The zero-order valence-electron chi connectivity index (χ0n) is 10.4. The third-order valence-corrected chi connectivity index (χ3v) is 2.34. The Morgan fingerprint density at radius 1 is 1.56 bits per heavy atom. The van der Waals surface area contributed by atoms with E-state index < -0.39 is 0 Å². The molecule has 0 aliphatic rings. The quantitative estimate of drug-likeness (QED) is 0.579. The van der Waals surface area contributed by atoms with Gasteiger partial charge in [0.25, 0.3) is 0 Å². The van der Waals surface area contributed by atoms with Gasteiger partial charge in [0.05, 0.1) is 4.92 Å². The molecule has 0 bridgehead atoms. The largest absolute Gasteiger partial charge is 0.354 e. The van der Waals surface area contributed by atoms with E-state index in [1.54, 1.807) is 18.7 Å². The fourth-order valence-corrected chi connectivity index (χ4v) is 1.91. The van der Waals surface area contributed by atoms with Crippen LogP contribution in [0.1, 0.15) is 19.5 Å². The summed E-state index contributed by atoms with van der Waals surface area (Å²) in [6.45, 7) is 6.57. The summed E-state index contributed by atoms with van der Waals surface area (Å²) in [4.78, 5) is 12.5. The molecule has 0 radical (unpaired) electrons. The molecule has 0 N–H and O–H groups in total. The Kier molecular flexibility index (Phi) is 3.51. The number of anilines is 1. The Labute approximate surface area is 95.0 Å². The van der Waals surface area contributed by atoms with Crippen molar-refractivity contribution in [1.29, 1.82) is 0 Å². The summed E-state index contributed by atoms with van der Waals surface area (Å²) in [6.07, 6.45) is 0. The molecular formula is C10H18N4O2. The number of nitrogens with zero attached hydrogens (tertiary/aromatic N) is 4. The summed E-state index contributed by atoms with van der Waals surface area (Å²) in [5.74, 6) is 1.01. The third kappa shape index (κ3) is 2.32. The first-order chi connectivity index (χ1) is 7.34. The highest BCUT2D eigenvalue weighted by atomic mass is 16.6. The molecule has 1 rings (SSSR count). The lowest BCUT2D eigenvalue weighted by molar-refractivity contribution is -0.384. The van der Waals surface area contributed by atoms with Gasteiger partial charge in [0, 0.05) is 20.6 Å². The van der Waals surface area contributed by atoms with Crippen LogP contribution >= 0.6 is 0 Å². The molecule has 0 spiro atoms. The molecule has 0 saturated carbocycles. The van der Waals surface area contributed by atoms with Crippen LogP contribution in [-0.4, -0.2) is 28.3 Å². The van der Waals surface area contributed by atoms with Gasteiger partial charge in [-0.1, -0.05) is 13.8 Å². The number of nitro groups is 1. The molecule has 1 heterocycles. The van der Waals surface area contributed by atoms with E-state index in [-0.39, 0.29) is 10.6 Å². The van der Waals surface area contributed by atoms with Gasteiger partial charge in [-0.3, -0.25) is 10.1 Å². The Balaban J connectivity index is 3.16. The van der Waals surface area contributed by atoms with Gasteiger partial charge in [-0.15, -0.1) is 0 Å². The van der Waals surface area contributed by atoms with E-state index in [4.69, 9.17) is 0 Å². The highest BCUT2D eigenvalue weighted by Gasteiger charge is 2.26. The first-order valence-electron chi connectivity index (χ1n) is 5.23. The Hall–Kier alpha value is -1.59. The van der Waals surface area contributed by atoms with Crippen molar-refractivity contribution in [2.45, 2.75) is 20.8 Å². The monoisotopic (exact) mass is 226 g/mol. The van der Waals surface area contributed by atoms with Crippen LogP contribution in [0.5, 0.6) is 0 Å². The van der Waals surface area contributed by atoms with E-state index in [1.807, 2.05) is 11.9 Å². The van der Waals surface area contributed by atoms with Crippen molar-refractivity contribution in [3.05, 3.63) is 15.8 Å². The first kappa shape index (κ1) is 12.5. The Bertz CT molecular complexity index is 398. The number of aryl methyl sites for hydroxylation is 2. The van der Waals surface area contributed by atoms with Crippen LogP contribution < -0.4 is 4.90 Å². The standard InChI is InChI=1S/C10H18N4O2/c1-7(2)6-12(4)10-9(14(15)16)8(3)11-13(10)5/h7H,6H2,1-5H3. The fourth-order valence-electron chi connectivity index (χ4n) is 1.91. The molecule has 0 saturated heterocycles. The molecule has 6 heteroatoms. The predicted molar refractivity (Wildman–Crippen MR) is 62.7 cm³/mol. The average molecular weight is 226 g/mol. The van der Waals surface area contributed by atoms with Crippen molar-refractivity contribution in [1.82, 2.24) is 9.78 Å². The molecule has 6 nitrogen and oxygen atoms in total. The van der Waals surface area contributed by atoms with Crippen molar-refractivity contribution < 1.29 is 4.92 Å². The van der Waals surface area contributed by atoms with Crippen LogP contribution in [0, 0.1) is 23.0 Å². The molecule has 0 aliphatic carbocycles. The molecule has 16 heavy (non-hydrogen) atoms. The van der Waals surface area contributed by atoms with Gasteiger partial charge in [0.15, 0.2) is 0 Å².